The summed E-state index contributed by atoms with van der Waals surface area (Å²) in [6.45, 7) is 2.68. The number of halogens is 2. The van der Waals surface area contributed by atoms with Gasteiger partial charge in [-0.15, -0.1) is 0 Å². The van der Waals surface area contributed by atoms with Crippen LogP contribution in [-0.2, 0) is 6.42 Å². The highest BCUT2D eigenvalue weighted by Crippen LogP contribution is 2.36. The second-order valence-electron chi connectivity index (χ2n) is 4.84. The van der Waals surface area contributed by atoms with Gasteiger partial charge in [0.05, 0.1) is 12.2 Å². The molecule has 1 N–H and O–H groups in total. The van der Waals surface area contributed by atoms with Gasteiger partial charge in [-0.25, -0.2) is 4.39 Å². The summed E-state index contributed by atoms with van der Waals surface area (Å²) in [5, 5.41) is 3.33. The minimum absolute atomic E-state index is 0.242. The number of rotatable bonds is 2. The van der Waals surface area contributed by atoms with Crippen LogP contribution in [-0.4, -0.2) is 6.54 Å². The summed E-state index contributed by atoms with van der Waals surface area (Å²) in [5.74, 6) is 0.534. The zero-order chi connectivity index (χ0) is 14.1. The molecule has 1 aliphatic heterocycles. The van der Waals surface area contributed by atoms with Crippen molar-refractivity contribution in [3.05, 3.63) is 57.8 Å². The molecule has 4 heteroatoms. The first-order valence-electron chi connectivity index (χ1n) is 6.65. The molecule has 0 fully saturated rings. The maximum absolute atomic E-state index is 13.9. The van der Waals surface area contributed by atoms with Crippen molar-refractivity contribution < 1.29 is 9.13 Å². The monoisotopic (exact) mass is 335 g/mol. The highest BCUT2D eigenvalue weighted by atomic mass is 79.9. The van der Waals surface area contributed by atoms with Crippen molar-refractivity contribution in [2.45, 2.75) is 19.4 Å². The first-order chi connectivity index (χ1) is 9.67. The standard InChI is InChI=1S/C16H15BrFNO/c1-2-10-3-6-15-14(7-10)19-9-16(20-15)12-8-11(17)4-5-13(12)18/h3-8,16,19H,2,9H2,1H3. The topological polar surface area (TPSA) is 21.3 Å². The number of hydrogen-bond donors (Lipinski definition) is 1. The lowest BCUT2D eigenvalue weighted by Gasteiger charge is -2.28. The van der Waals surface area contributed by atoms with Gasteiger partial charge in [0.1, 0.15) is 17.7 Å². The molecule has 1 atom stereocenters. The van der Waals surface area contributed by atoms with Crippen LogP contribution < -0.4 is 10.1 Å². The number of hydrogen-bond acceptors (Lipinski definition) is 2. The molecule has 0 aliphatic carbocycles. The van der Waals surface area contributed by atoms with Gasteiger partial charge in [-0.3, -0.25) is 0 Å². The first-order valence-corrected chi connectivity index (χ1v) is 7.45. The zero-order valence-electron chi connectivity index (χ0n) is 11.1. The average Bonchev–Trinajstić information content (AvgIpc) is 2.48. The molecule has 0 aromatic heterocycles. The summed E-state index contributed by atoms with van der Waals surface area (Å²) < 4.78 is 20.7. The Balaban J connectivity index is 1.90. The molecule has 1 heterocycles. The Hall–Kier alpha value is -1.55. The van der Waals surface area contributed by atoms with E-state index in [9.17, 15) is 4.39 Å². The van der Waals surface area contributed by atoms with E-state index in [0.29, 0.717) is 12.1 Å². The molecule has 3 rings (SSSR count). The number of ether oxygens (including phenoxy) is 1. The summed E-state index contributed by atoms with van der Waals surface area (Å²) in [6, 6.07) is 11.0. The van der Waals surface area contributed by atoms with E-state index in [1.165, 1.54) is 11.6 Å². The third-order valence-corrected chi connectivity index (χ3v) is 4.00. The lowest BCUT2D eigenvalue weighted by molar-refractivity contribution is 0.205. The summed E-state index contributed by atoms with van der Waals surface area (Å²) >= 11 is 3.37. The minimum Gasteiger partial charge on any atom is -0.482 e. The Labute approximate surface area is 126 Å². The number of fused-ring (bicyclic) bond motifs is 1. The van der Waals surface area contributed by atoms with Crippen molar-refractivity contribution in [1.29, 1.82) is 0 Å². The van der Waals surface area contributed by atoms with Crippen LogP contribution in [0.15, 0.2) is 40.9 Å². The van der Waals surface area contributed by atoms with Gasteiger partial charge in [0.25, 0.3) is 0 Å². The number of anilines is 1. The van der Waals surface area contributed by atoms with Gasteiger partial charge in [-0.2, -0.15) is 0 Å². The van der Waals surface area contributed by atoms with Crippen molar-refractivity contribution >= 4 is 21.6 Å². The van der Waals surface area contributed by atoms with Crippen LogP contribution in [0.2, 0.25) is 0 Å². The lowest BCUT2D eigenvalue weighted by atomic mass is 10.1. The maximum atomic E-state index is 13.9. The fraction of sp³-hybridized carbons (Fsp3) is 0.250. The number of nitrogens with one attached hydrogen (secondary N) is 1. The van der Waals surface area contributed by atoms with E-state index in [0.717, 1.165) is 22.3 Å². The van der Waals surface area contributed by atoms with Crippen molar-refractivity contribution in [3.8, 4) is 5.75 Å². The highest BCUT2D eigenvalue weighted by molar-refractivity contribution is 9.10. The molecule has 0 spiro atoms. The van der Waals surface area contributed by atoms with Crippen LogP contribution in [0.1, 0.15) is 24.2 Å². The quantitative estimate of drug-likeness (QED) is 0.859. The number of aryl methyl sites for hydroxylation is 1. The number of benzene rings is 2. The van der Waals surface area contributed by atoms with E-state index in [1.54, 1.807) is 12.1 Å². The smallest absolute Gasteiger partial charge is 0.144 e. The third-order valence-electron chi connectivity index (χ3n) is 3.50. The predicted octanol–water partition coefficient (Wildman–Crippen LogP) is 4.70. The molecule has 1 aliphatic rings. The normalized spacial score (nSPS) is 17.1. The van der Waals surface area contributed by atoms with E-state index in [-0.39, 0.29) is 11.9 Å². The second kappa shape index (κ2) is 5.44. The van der Waals surface area contributed by atoms with Crippen molar-refractivity contribution in [3.63, 3.8) is 0 Å². The fourth-order valence-electron chi connectivity index (χ4n) is 2.37. The third kappa shape index (κ3) is 2.52. The van der Waals surface area contributed by atoms with Crippen molar-refractivity contribution in [1.82, 2.24) is 0 Å². The van der Waals surface area contributed by atoms with Gasteiger partial charge in [0.2, 0.25) is 0 Å². The van der Waals surface area contributed by atoms with Crippen molar-refractivity contribution in [2.24, 2.45) is 0 Å². The molecule has 0 radical (unpaired) electrons. The molecule has 0 saturated carbocycles. The molecular weight excluding hydrogens is 321 g/mol. The minimum atomic E-state index is -0.313. The van der Waals surface area contributed by atoms with E-state index in [4.69, 9.17) is 4.74 Å². The SMILES string of the molecule is CCc1ccc2c(c1)NCC(c1cc(Br)ccc1F)O2. The Kier molecular flexibility index (Phi) is 3.66. The molecule has 20 heavy (non-hydrogen) atoms. The zero-order valence-corrected chi connectivity index (χ0v) is 12.7. The molecule has 2 aromatic carbocycles. The van der Waals surface area contributed by atoms with Crippen LogP contribution in [0.4, 0.5) is 10.1 Å². The Morgan fingerprint density at radius 2 is 2.15 bits per heavy atom. The van der Waals surface area contributed by atoms with Crippen LogP contribution >= 0.6 is 15.9 Å². The molecule has 0 bridgehead atoms. The summed E-state index contributed by atoms with van der Waals surface area (Å²) in [4.78, 5) is 0. The molecule has 1 unspecified atom stereocenters. The molecular formula is C16H15BrFNO. The van der Waals surface area contributed by atoms with Crippen LogP contribution in [0.3, 0.4) is 0 Å². The molecule has 0 saturated heterocycles. The lowest BCUT2D eigenvalue weighted by Crippen LogP contribution is -2.24. The van der Waals surface area contributed by atoms with Gasteiger partial charge < -0.3 is 10.1 Å². The van der Waals surface area contributed by atoms with Crippen LogP contribution in [0, 0.1) is 5.82 Å². The summed E-state index contributed by atoms with van der Waals surface area (Å²) in [7, 11) is 0. The Bertz CT molecular complexity index is 644. The summed E-state index contributed by atoms with van der Waals surface area (Å²) in [6.07, 6.45) is 0.672. The van der Waals surface area contributed by atoms with Crippen molar-refractivity contribution in [2.75, 3.05) is 11.9 Å². The van der Waals surface area contributed by atoms with Gasteiger partial charge >= 0.3 is 0 Å². The maximum Gasteiger partial charge on any atom is 0.144 e. The highest BCUT2D eigenvalue weighted by Gasteiger charge is 2.23. The van der Waals surface area contributed by atoms with Crippen LogP contribution in [0.25, 0.3) is 0 Å². The van der Waals surface area contributed by atoms with Crippen LogP contribution in [0.5, 0.6) is 5.75 Å². The van der Waals surface area contributed by atoms with Gasteiger partial charge in [0.15, 0.2) is 0 Å². The fourth-order valence-corrected chi connectivity index (χ4v) is 2.75. The van der Waals surface area contributed by atoms with Gasteiger partial charge in [0, 0.05) is 10.0 Å². The van der Waals surface area contributed by atoms with E-state index >= 15 is 0 Å². The summed E-state index contributed by atoms with van der Waals surface area (Å²) in [5.41, 5.74) is 2.81. The largest absolute Gasteiger partial charge is 0.482 e. The van der Waals surface area contributed by atoms with E-state index in [1.807, 2.05) is 12.1 Å². The second-order valence-corrected chi connectivity index (χ2v) is 5.75. The Morgan fingerprint density at radius 3 is 2.95 bits per heavy atom. The Morgan fingerprint density at radius 1 is 1.30 bits per heavy atom. The molecule has 104 valence electrons. The van der Waals surface area contributed by atoms with E-state index < -0.39 is 0 Å². The van der Waals surface area contributed by atoms with Gasteiger partial charge in [-0.05, 0) is 42.3 Å². The van der Waals surface area contributed by atoms with E-state index in [2.05, 4.69) is 34.2 Å². The first kappa shape index (κ1) is 13.4. The molecule has 2 nitrogen and oxygen atoms in total. The van der Waals surface area contributed by atoms with Gasteiger partial charge in [-0.1, -0.05) is 28.9 Å². The average molecular weight is 336 g/mol. The molecule has 0 amide bonds. The predicted molar refractivity (Wildman–Crippen MR) is 81.8 cm³/mol. The molecule has 2 aromatic rings.